The molecule has 0 radical (unpaired) electrons. The largest absolute Gasteiger partial charge is 0.478 e. The van der Waals surface area contributed by atoms with Crippen LogP contribution in [0.5, 0.6) is 0 Å². The van der Waals surface area contributed by atoms with Gasteiger partial charge in [-0.05, 0) is 26.0 Å². The summed E-state index contributed by atoms with van der Waals surface area (Å²) >= 11 is 0. The van der Waals surface area contributed by atoms with E-state index in [4.69, 9.17) is 10.4 Å². The molecule has 112 valence electrons. The summed E-state index contributed by atoms with van der Waals surface area (Å²) in [6, 6.07) is 4.81. The van der Waals surface area contributed by atoms with E-state index in [-0.39, 0.29) is 24.7 Å². The molecule has 0 heterocycles. The van der Waals surface area contributed by atoms with Crippen LogP contribution in [0.3, 0.4) is 0 Å². The predicted octanol–water partition coefficient (Wildman–Crippen LogP) is 2.68. The number of benzene rings is 1. The number of nitriles is 1. The minimum Gasteiger partial charge on any atom is -0.478 e. The van der Waals surface area contributed by atoms with Crippen molar-refractivity contribution in [3.05, 3.63) is 29.6 Å². The summed E-state index contributed by atoms with van der Waals surface area (Å²) in [5.74, 6) is -2.38. The lowest BCUT2D eigenvalue weighted by molar-refractivity contribution is 0.0693. The predicted molar refractivity (Wildman–Crippen MR) is 74.5 cm³/mol. The number of carboxylic acid groups (broad SMARTS) is 1. The molecule has 0 atom stereocenters. The monoisotopic (exact) mass is 293 g/mol. The first-order chi connectivity index (χ1) is 9.88. The molecule has 1 aromatic carbocycles. The molecule has 0 aromatic heterocycles. The SMILES string of the molecule is CC(C)N(CCC#N)C(=O)Nc1cccc(F)c1C(=O)O. The lowest BCUT2D eigenvalue weighted by atomic mass is 10.1. The Balaban J connectivity index is 2.99. The van der Waals surface area contributed by atoms with Gasteiger partial charge in [0.25, 0.3) is 0 Å². The normalized spacial score (nSPS) is 10.0. The molecule has 2 amide bonds. The zero-order valence-electron chi connectivity index (χ0n) is 11.8. The number of anilines is 1. The van der Waals surface area contributed by atoms with Crippen LogP contribution in [-0.4, -0.2) is 34.6 Å². The van der Waals surface area contributed by atoms with E-state index in [9.17, 15) is 14.0 Å². The van der Waals surface area contributed by atoms with Crippen molar-refractivity contribution in [3.8, 4) is 6.07 Å². The van der Waals surface area contributed by atoms with Gasteiger partial charge in [0.15, 0.2) is 0 Å². The van der Waals surface area contributed by atoms with E-state index in [0.29, 0.717) is 0 Å². The highest BCUT2D eigenvalue weighted by Gasteiger charge is 2.21. The van der Waals surface area contributed by atoms with Crippen molar-refractivity contribution in [1.82, 2.24) is 4.90 Å². The number of halogens is 1. The van der Waals surface area contributed by atoms with E-state index in [0.717, 1.165) is 6.07 Å². The smallest absolute Gasteiger partial charge is 0.340 e. The van der Waals surface area contributed by atoms with Crippen LogP contribution in [0.25, 0.3) is 0 Å². The summed E-state index contributed by atoms with van der Waals surface area (Å²) in [7, 11) is 0. The Morgan fingerprint density at radius 1 is 1.48 bits per heavy atom. The Labute approximate surface area is 121 Å². The van der Waals surface area contributed by atoms with Gasteiger partial charge in [-0.25, -0.2) is 14.0 Å². The van der Waals surface area contributed by atoms with E-state index in [1.54, 1.807) is 13.8 Å². The highest BCUT2D eigenvalue weighted by atomic mass is 19.1. The van der Waals surface area contributed by atoms with Gasteiger partial charge in [0.05, 0.1) is 18.2 Å². The highest BCUT2D eigenvalue weighted by Crippen LogP contribution is 2.19. The van der Waals surface area contributed by atoms with E-state index in [2.05, 4.69) is 5.32 Å². The molecule has 1 aromatic rings. The van der Waals surface area contributed by atoms with Gasteiger partial charge in [0.2, 0.25) is 0 Å². The maximum Gasteiger partial charge on any atom is 0.340 e. The number of carbonyl (C=O) groups excluding carboxylic acids is 1. The molecule has 0 unspecified atom stereocenters. The van der Waals surface area contributed by atoms with Gasteiger partial charge in [-0.1, -0.05) is 6.07 Å². The van der Waals surface area contributed by atoms with Crippen molar-refractivity contribution in [2.75, 3.05) is 11.9 Å². The summed E-state index contributed by atoms with van der Waals surface area (Å²) < 4.78 is 13.5. The maximum absolute atomic E-state index is 13.5. The number of nitrogens with zero attached hydrogens (tertiary/aromatic N) is 2. The first kappa shape index (κ1) is 16.4. The maximum atomic E-state index is 13.5. The Morgan fingerprint density at radius 3 is 2.67 bits per heavy atom. The molecule has 2 N–H and O–H groups in total. The molecule has 0 aliphatic carbocycles. The van der Waals surface area contributed by atoms with Crippen LogP contribution in [0.2, 0.25) is 0 Å². The third-order valence-corrected chi connectivity index (χ3v) is 2.82. The molecular formula is C14H16FN3O3. The number of aromatic carboxylic acids is 1. The molecule has 0 aliphatic heterocycles. The fourth-order valence-electron chi connectivity index (χ4n) is 1.80. The molecule has 0 saturated carbocycles. The van der Waals surface area contributed by atoms with Gasteiger partial charge in [0.1, 0.15) is 11.4 Å². The topological polar surface area (TPSA) is 93.4 Å². The lowest BCUT2D eigenvalue weighted by Crippen LogP contribution is -2.40. The standard InChI is InChI=1S/C14H16FN3O3/c1-9(2)18(8-4-7-16)14(21)17-11-6-3-5-10(15)12(11)13(19)20/h3,5-6,9H,4,8H2,1-2H3,(H,17,21)(H,19,20). The second-order valence-corrected chi connectivity index (χ2v) is 4.59. The van der Waals surface area contributed by atoms with Gasteiger partial charge >= 0.3 is 12.0 Å². The number of hydrogen-bond acceptors (Lipinski definition) is 3. The Hall–Kier alpha value is -2.62. The van der Waals surface area contributed by atoms with E-state index in [1.165, 1.54) is 17.0 Å². The molecule has 21 heavy (non-hydrogen) atoms. The van der Waals surface area contributed by atoms with Gasteiger partial charge in [0, 0.05) is 12.6 Å². The van der Waals surface area contributed by atoms with Crippen LogP contribution in [0.1, 0.15) is 30.6 Å². The van der Waals surface area contributed by atoms with Gasteiger partial charge in [-0.2, -0.15) is 5.26 Å². The minimum absolute atomic E-state index is 0.116. The van der Waals surface area contributed by atoms with E-state index in [1.807, 2.05) is 6.07 Å². The van der Waals surface area contributed by atoms with Crippen LogP contribution in [0.15, 0.2) is 18.2 Å². The fourth-order valence-corrected chi connectivity index (χ4v) is 1.80. The summed E-state index contributed by atoms with van der Waals surface area (Å²) in [6.07, 6.45) is 0.153. The van der Waals surface area contributed by atoms with Gasteiger partial charge < -0.3 is 15.3 Å². The Bertz CT molecular complexity index is 581. The molecule has 0 bridgehead atoms. The number of carbonyl (C=O) groups is 2. The van der Waals surface area contributed by atoms with Crippen LogP contribution in [0.4, 0.5) is 14.9 Å². The first-order valence-electron chi connectivity index (χ1n) is 6.34. The van der Waals surface area contributed by atoms with Crippen LogP contribution in [0, 0.1) is 17.1 Å². The summed E-state index contributed by atoms with van der Waals surface area (Å²) in [5, 5.41) is 20.0. The van der Waals surface area contributed by atoms with Crippen molar-refractivity contribution in [2.24, 2.45) is 0 Å². The average Bonchev–Trinajstić information content (AvgIpc) is 2.38. The Morgan fingerprint density at radius 2 is 2.14 bits per heavy atom. The van der Waals surface area contributed by atoms with E-state index >= 15 is 0 Å². The molecule has 0 aliphatic rings. The molecule has 0 fully saturated rings. The van der Waals surface area contributed by atoms with Gasteiger partial charge in [-0.3, -0.25) is 0 Å². The molecule has 0 saturated heterocycles. The van der Waals surface area contributed by atoms with Crippen molar-refractivity contribution >= 4 is 17.7 Å². The Kier molecular flexibility index (Phi) is 5.67. The molecule has 7 heteroatoms. The van der Waals surface area contributed by atoms with Crippen LogP contribution < -0.4 is 5.32 Å². The summed E-state index contributed by atoms with van der Waals surface area (Å²) in [4.78, 5) is 24.6. The van der Waals surface area contributed by atoms with Crippen molar-refractivity contribution in [3.63, 3.8) is 0 Å². The number of nitrogens with one attached hydrogen (secondary N) is 1. The number of rotatable bonds is 5. The first-order valence-corrected chi connectivity index (χ1v) is 6.34. The third-order valence-electron chi connectivity index (χ3n) is 2.82. The molecule has 0 spiro atoms. The second-order valence-electron chi connectivity index (χ2n) is 4.59. The minimum atomic E-state index is -1.46. The number of urea groups is 1. The summed E-state index contributed by atoms with van der Waals surface area (Å²) in [6.45, 7) is 3.74. The zero-order chi connectivity index (χ0) is 16.0. The molecular weight excluding hydrogens is 277 g/mol. The summed E-state index contributed by atoms with van der Waals surface area (Å²) in [5.41, 5.74) is -0.704. The molecule has 1 rings (SSSR count). The van der Waals surface area contributed by atoms with Crippen LogP contribution in [-0.2, 0) is 0 Å². The van der Waals surface area contributed by atoms with Crippen molar-refractivity contribution in [1.29, 1.82) is 5.26 Å². The zero-order valence-corrected chi connectivity index (χ0v) is 11.8. The van der Waals surface area contributed by atoms with E-state index < -0.39 is 23.4 Å². The average molecular weight is 293 g/mol. The van der Waals surface area contributed by atoms with Gasteiger partial charge in [-0.15, -0.1) is 0 Å². The third kappa shape index (κ3) is 4.18. The molecule has 6 nitrogen and oxygen atoms in total. The van der Waals surface area contributed by atoms with Crippen molar-refractivity contribution < 1.29 is 19.1 Å². The highest BCUT2D eigenvalue weighted by molar-refractivity contribution is 6.00. The number of carboxylic acids is 1. The number of amides is 2. The number of hydrogen-bond donors (Lipinski definition) is 2. The van der Waals surface area contributed by atoms with Crippen LogP contribution >= 0.6 is 0 Å². The van der Waals surface area contributed by atoms with Crippen molar-refractivity contribution in [2.45, 2.75) is 26.3 Å². The fraction of sp³-hybridized carbons (Fsp3) is 0.357. The second kappa shape index (κ2) is 7.24. The quantitative estimate of drug-likeness (QED) is 0.872. The lowest BCUT2D eigenvalue weighted by Gasteiger charge is -2.26.